The lowest BCUT2D eigenvalue weighted by atomic mass is 9.88. The topological polar surface area (TPSA) is 48.0 Å². The number of ether oxygens (including phenoxy) is 3. The van der Waals surface area contributed by atoms with Crippen LogP contribution in [-0.2, 0) is 4.74 Å². The van der Waals surface area contributed by atoms with E-state index in [0.717, 1.165) is 50.4 Å². The van der Waals surface area contributed by atoms with E-state index in [0.29, 0.717) is 25.1 Å². The molecule has 0 aliphatic carbocycles. The minimum atomic E-state index is 0.117. The van der Waals surface area contributed by atoms with Crippen molar-refractivity contribution in [1.82, 2.24) is 4.90 Å². The Balaban J connectivity index is 1.32. The van der Waals surface area contributed by atoms with Crippen LogP contribution in [0.2, 0.25) is 0 Å². The third-order valence-electron chi connectivity index (χ3n) is 5.52. The van der Waals surface area contributed by atoms with Gasteiger partial charge < -0.3 is 19.1 Å². The van der Waals surface area contributed by atoms with E-state index in [1.165, 1.54) is 19.3 Å². The summed E-state index contributed by atoms with van der Waals surface area (Å²) in [6, 6.07) is 5.58. The molecule has 3 aliphatic rings. The zero-order valence-electron chi connectivity index (χ0n) is 14.7. The van der Waals surface area contributed by atoms with Crippen LogP contribution in [0.4, 0.5) is 0 Å². The number of ketones is 1. The molecule has 0 radical (unpaired) electrons. The molecule has 25 heavy (non-hydrogen) atoms. The maximum absolute atomic E-state index is 12.8. The third-order valence-corrected chi connectivity index (χ3v) is 5.52. The van der Waals surface area contributed by atoms with Crippen molar-refractivity contribution >= 4 is 5.78 Å². The maximum atomic E-state index is 12.8. The van der Waals surface area contributed by atoms with E-state index in [9.17, 15) is 4.79 Å². The molecule has 2 fully saturated rings. The van der Waals surface area contributed by atoms with Crippen molar-refractivity contribution in [1.29, 1.82) is 0 Å². The molecule has 0 aromatic heterocycles. The molecule has 0 N–H and O–H groups in total. The largest absolute Gasteiger partial charge is 0.486 e. The highest BCUT2D eigenvalue weighted by molar-refractivity contribution is 5.98. The molecule has 0 amide bonds. The zero-order chi connectivity index (χ0) is 17.1. The number of nitrogens with zero attached hydrogens (tertiary/aromatic N) is 1. The number of carbonyl (C=O) groups excluding carboxylic acids is 1. The summed E-state index contributed by atoms with van der Waals surface area (Å²) in [6.45, 7) is 5.02. The van der Waals surface area contributed by atoms with Crippen molar-refractivity contribution in [3.8, 4) is 11.5 Å². The van der Waals surface area contributed by atoms with Crippen molar-refractivity contribution in [2.45, 2.75) is 38.2 Å². The molecule has 4 rings (SSSR count). The summed E-state index contributed by atoms with van der Waals surface area (Å²) < 4.78 is 17.0. The molecule has 1 atom stereocenters. The molecule has 1 aromatic carbocycles. The van der Waals surface area contributed by atoms with Gasteiger partial charge >= 0.3 is 0 Å². The van der Waals surface area contributed by atoms with Gasteiger partial charge in [-0.15, -0.1) is 0 Å². The van der Waals surface area contributed by atoms with Gasteiger partial charge in [-0.2, -0.15) is 0 Å². The molecule has 0 bridgehead atoms. The molecule has 3 aliphatic heterocycles. The minimum Gasteiger partial charge on any atom is -0.486 e. The molecule has 5 nitrogen and oxygen atoms in total. The number of carbonyl (C=O) groups is 1. The predicted octanol–water partition coefficient (Wildman–Crippen LogP) is 2.92. The van der Waals surface area contributed by atoms with Gasteiger partial charge in [-0.3, -0.25) is 4.79 Å². The van der Waals surface area contributed by atoms with E-state index < -0.39 is 0 Å². The van der Waals surface area contributed by atoms with Crippen LogP contribution in [0.25, 0.3) is 0 Å². The summed E-state index contributed by atoms with van der Waals surface area (Å²) in [5.74, 6) is 1.80. The van der Waals surface area contributed by atoms with Crippen molar-refractivity contribution in [3.05, 3.63) is 23.8 Å². The van der Waals surface area contributed by atoms with Crippen LogP contribution >= 0.6 is 0 Å². The Hall–Kier alpha value is -1.59. The van der Waals surface area contributed by atoms with E-state index in [-0.39, 0.29) is 11.7 Å². The van der Waals surface area contributed by atoms with Gasteiger partial charge in [0.1, 0.15) is 13.2 Å². The Morgan fingerprint density at radius 3 is 2.56 bits per heavy atom. The van der Waals surface area contributed by atoms with Crippen molar-refractivity contribution in [2.24, 2.45) is 5.92 Å². The number of fused-ring (bicyclic) bond motifs is 1. The van der Waals surface area contributed by atoms with Gasteiger partial charge in [0.25, 0.3) is 0 Å². The summed E-state index contributed by atoms with van der Waals surface area (Å²) in [6.07, 6.45) is 5.90. The molecule has 2 saturated heterocycles. The van der Waals surface area contributed by atoms with Crippen LogP contribution < -0.4 is 9.47 Å². The van der Waals surface area contributed by atoms with Gasteiger partial charge in [-0.1, -0.05) is 0 Å². The summed E-state index contributed by atoms with van der Waals surface area (Å²) in [5.41, 5.74) is 0.748. The number of Topliss-reactive ketones (excluding diaryl/α,β-unsaturated/α-hetero) is 1. The Kier molecular flexibility index (Phi) is 5.22. The van der Waals surface area contributed by atoms with Gasteiger partial charge in [0.2, 0.25) is 0 Å². The van der Waals surface area contributed by atoms with Crippen LogP contribution in [0.3, 0.4) is 0 Å². The first-order valence-corrected chi connectivity index (χ1v) is 9.57. The van der Waals surface area contributed by atoms with E-state index in [2.05, 4.69) is 4.90 Å². The molecular formula is C20H27NO4. The second-order valence-electron chi connectivity index (χ2n) is 7.29. The fourth-order valence-electron chi connectivity index (χ4n) is 4.05. The van der Waals surface area contributed by atoms with E-state index in [1.54, 1.807) is 0 Å². The molecule has 1 unspecified atom stereocenters. The van der Waals surface area contributed by atoms with E-state index in [1.807, 2.05) is 18.2 Å². The Morgan fingerprint density at radius 2 is 1.80 bits per heavy atom. The monoisotopic (exact) mass is 345 g/mol. The predicted molar refractivity (Wildman–Crippen MR) is 94.5 cm³/mol. The second-order valence-corrected chi connectivity index (χ2v) is 7.29. The summed E-state index contributed by atoms with van der Waals surface area (Å²) in [7, 11) is 0. The molecular weight excluding hydrogens is 318 g/mol. The van der Waals surface area contributed by atoms with Crippen LogP contribution in [0.15, 0.2) is 18.2 Å². The standard InChI is InChI=1S/C20H27NO4/c22-20(16-4-5-18-19(13-16)25-12-11-24-18)15-6-8-21(9-7-15)14-17-3-1-2-10-23-17/h4-5,13,15,17H,1-3,6-12,14H2. The second kappa shape index (κ2) is 7.75. The fourth-order valence-corrected chi connectivity index (χ4v) is 4.05. The number of likely N-dealkylation sites (tertiary alicyclic amines) is 1. The fraction of sp³-hybridized carbons (Fsp3) is 0.650. The van der Waals surface area contributed by atoms with Crippen LogP contribution in [0.5, 0.6) is 11.5 Å². The quantitative estimate of drug-likeness (QED) is 0.785. The number of rotatable bonds is 4. The van der Waals surface area contributed by atoms with Gasteiger partial charge in [0.15, 0.2) is 17.3 Å². The SMILES string of the molecule is O=C(c1ccc2c(c1)OCCO2)C1CCN(CC2CCCCO2)CC1. The summed E-state index contributed by atoms with van der Waals surface area (Å²) in [4.78, 5) is 15.3. The van der Waals surface area contributed by atoms with Gasteiger partial charge in [-0.25, -0.2) is 0 Å². The molecule has 0 saturated carbocycles. The van der Waals surface area contributed by atoms with Crippen LogP contribution in [-0.4, -0.2) is 56.2 Å². The molecule has 136 valence electrons. The highest BCUT2D eigenvalue weighted by Gasteiger charge is 2.28. The first-order chi connectivity index (χ1) is 12.3. The van der Waals surface area contributed by atoms with Crippen LogP contribution in [0.1, 0.15) is 42.5 Å². The van der Waals surface area contributed by atoms with Crippen LogP contribution in [0, 0.1) is 5.92 Å². The van der Waals surface area contributed by atoms with Crippen molar-refractivity contribution in [3.63, 3.8) is 0 Å². The molecule has 3 heterocycles. The highest BCUT2D eigenvalue weighted by Crippen LogP contribution is 2.32. The number of piperidine rings is 1. The summed E-state index contributed by atoms with van der Waals surface area (Å²) in [5, 5.41) is 0. The van der Waals surface area contributed by atoms with Gasteiger partial charge in [0.05, 0.1) is 6.10 Å². The van der Waals surface area contributed by atoms with E-state index in [4.69, 9.17) is 14.2 Å². The lowest BCUT2D eigenvalue weighted by molar-refractivity contribution is -0.0107. The van der Waals surface area contributed by atoms with E-state index >= 15 is 0 Å². The third kappa shape index (κ3) is 3.98. The van der Waals surface area contributed by atoms with Gasteiger partial charge in [0, 0.05) is 24.6 Å². The number of hydrogen-bond acceptors (Lipinski definition) is 5. The number of benzene rings is 1. The summed E-state index contributed by atoms with van der Waals surface area (Å²) >= 11 is 0. The molecule has 5 heteroatoms. The Bertz CT molecular complexity index is 604. The average molecular weight is 345 g/mol. The molecule has 1 aromatic rings. The smallest absolute Gasteiger partial charge is 0.166 e. The molecule has 0 spiro atoms. The normalized spacial score (nSPS) is 24.9. The average Bonchev–Trinajstić information content (AvgIpc) is 2.68. The first kappa shape index (κ1) is 16.9. The number of hydrogen-bond donors (Lipinski definition) is 0. The Labute approximate surface area is 149 Å². The Morgan fingerprint density at radius 1 is 1.00 bits per heavy atom. The lowest BCUT2D eigenvalue weighted by Crippen LogP contribution is -2.42. The zero-order valence-corrected chi connectivity index (χ0v) is 14.7. The maximum Gasteiger partial charge on any atom is 0.166 e. The van der Waals surface area contributed by atoms with Crippen molar-refractivity contribution in [2.75, 3.05) is 39.5 Å². The van der Waals surface area contributed by atoms with Crippen molar-refractivity contribution < 1.29 is 19.0 Å². The highest BCUT2D eigenvalue weighted by atomic mass is 16.6. The lowest BCUT2D eigenvalue weighted by Gasteiger charge is -2.34. The van der Waals surface area contributed by atoms with Gasteiger partial charge in [-0.05, 0) is 63.4 Å². The first-order valence-electron chi connectivity index (χ1n) is 9.57. The minimum absolute atomic E-state index is 0.117.